The van der Waals surface area contributed by atoms with Crippen molar-refractivity contribution in [3.8, 4) is 5.75 Å². The van der Waals surface area contributed by atoms with Crippen LogP contribution in [0.25, 0.3) is 0 Å². The summed E-state index contributed by atoms with van der Waals surface area (Å²) in [5.74, 6) is -0.774. The van der Waals surface area contributed by atoms with E-state index in [4.69, 9.17) is 14.6 Å². The molecule has 0 saturated carbocycles. The molecule has 8 heteroatoms. The predicted molar refractivity (Wildman–Crippen MR) is 83.0 cm³/mol. The minimum absolute atomic E-state index is 0.0633. The Morgan fingerprint density at radius 1 is 1.35 bits per heavy atom. The van der Waals surface area contributed by atoms with Gasteiger partial charge in [-0.15, -0.1) is 0 Å². The third kappa shape index (κ3) is 4.66. The van der Waals surface area contributed by atoms with Gasteiger partial charge in [-0.05, 0) is 44.5 Å². The van der Waals surface area contributed by atoms with E-state index in [9.17, 15) is 13.2 Å². The Kier molecular flexibility index (Phi) is 5.61. The van der Waals surface area contributed by atoms with E-state index in [-0.39, 0.29) is 17.1 Å². The van der Waals surface area contributed by atoms with Crippen molar-refractivity contribution < 1.29 is 27.8 Å². The van der Waals surface area contributed by atoms with Crippen molar-refractivity contribution in [2.24, 2.45) is 0 Å². The molecule has 2 rings (SSSR count). The monoisotopic (exact) mass is 343 g/mol. The first-order valence-electron chi connectivity index (χ1n) is 7.39. The molecule has 0 bridgehead atoms. The maximum absolute atomic E-state index is 12.6. The van der Waals surface area contributed by atoms with Crippen molar-refractivity contribution in [1.29, 1.82) is 0 Å². The SMILES string of the molecule is CC(C)O[C@@H]1CCN(S(=O)(=O)c2ccc(OCC(=O)O)cc2)C1. The van der Waals surface area contributed by atoms with Crippen LogP contribution in [0.2, 0.25) is 0 Å². The van der Waals surface area contributed by atoms with E-state index in [1.165, 1.54) is 28.6 Å². The first kappa shape index (κ1) is 17.7. The average molecular weight is 343 g/mol. The Hall–Kier alpha value is -1.64. The first-order valence-corrected chi connectivity index (χ1v) is 8.83. The highest BCUT2D eigenvalue weighted by atomic mass is 32.2. The number of aliphatic carboxylic acids is 1. The number of sulfonamides is 1. The molecule has 1 saturated heterocycles. The molecule has 0 spiro atoms. The van der Waals surface area contributed by atoms with Crippen molar-refractivity contribution in [3.05, 3.63) is 24.3 Å². The summed E-state index contributed by atoms with van der Waals surface area (Å²) in [6.45, 7) is 4.15. The molecule has 0 radical (unpaired) electrons. The van der Waals surface area contributed by atoms with E-state index in [1.54, 1.807) is 0 Å². The van der Waals surface area contributed by atoms with Crippen LogP contribution < -0.4 is 4.74 Å². The average Bonchev–Trinajstić information content (AvgIpc) is 2.94. The van der Waals surface area contributed by atoms with Crippen LogP contribution in [0, 0.1) is 0 Å². The van der Waals surface area contributed by atoms with E-state index >= 15 is 0 Å². The summed E-state index contributed by atoms with van der Waals surface area (Å²) in [7, 11) is -3.57. The predicted octanol–water partition coefficient (Wildman–Crippen LogP) is 1.34. The van der Waals surface area contributed by atoms with Crippen LogP contribution in [0.5, 0.6) is 5.75 Å². The van der Waals surface area contributed by atoms with Crippen molar-refractivity contribution in [1.82, 2.24) is 4.31 Å². The largest absolute Gasteiger partial charge is 0.482 e. The fourth-order valence-corrected chi connectivity index (χ4v) is 3.90. The van der Waals surface area contributed by atoms with E-state index in [1.807, 2.05) is 13.8 Å². The molecule has 1 aromatic carbocycles. The molecule has 1 atom stereocenters. The molecule has 1 aliphatic rings. The summed E-state index contributed by atoms with van der Waals surface area (Å²) in [6.07, 6.45) is 0.660. The van der Waals surface area contributed by atoms with Crippen LogP contribution in [-0.2, 0) is 19.6 Å². The van der Waals surface area contributed by atoms with Crippen molar-refractivity contribution in [2.75, 3.05) is 19.7 Å². The summed E-state index contributed by atoms with van der Waals surface area (Å²) in [4.78, 5) is 10.6. The summed E-state index contributed by atoms with van der Waals surface area (Å²) >= 11 is 0. The van der Waals surface area contributed by atoms with Crippen LogP contribution in [0.3, 0.4) is 0 Å². The second-order valence-electron chi connectivity index (χ2n) is 5.61. The van der Waals surface area contributed by atoms with Gasteiger partial charge in [-0.25, -0.2) is 13.2 Å². The summed E-state index contributed by atoms with van der Waals surface area (Å²) < 4.78 is 37.2. The second kappa shape index (κ2) is 7.29. The Morgan fingerprint density at radius 3 is 2.57 bits per heavy atom. The molecule has 128 valence electrons. The van der Waals surface area contributed by atoms with Crippen LogP contribution >= 0.6 is 0 Å². The third-order valence-electron chi connectivity index (χ3n) is 3.40. The standard InChI is InChI=1S/C15H21NO6S/c1-11(2)22-13-7-8-16(9-13)23(19,20)14-5-3-12(4-6-14)21-10-15(17)18/h3-6,11,13H,7-10H2,1-2H3,(H,17,18)/t13-/m1/s1. The number of carboxylic acids is 1. The number of hydrogen-bond acceptors (Lipinski definition) is 5. The van der Waals surface area contributed by atoms with Gasteiger partial charge in [0.15, 0.2) is 6.61 Å². The van der Waals surface area contributed by atoms with Gasteiger partial charge < -0.3 is 14.6 Å². The molecular formula is C15H21NO6S. The number of carboxylic acid groups (broad SMARTS) is 1. The Balaban J connectivity index is 2.04. The fourth-order valence-electron chi connectivity index (χ4n) is 2.41. The molecule has 0 aromatic heterocycles. The normalized spacial score (nSPS) is 19.2. The van der Waals surface area contributed by atoms with Crippen LogP contribution in [0.4, 0.5) is 0 Å². The minimum atomic E-state index is -3.57. The number of carbonyl (C=O) groups is 1. The molecular weight excluding hydrogens is 322 g/mol. The van der Waals surface area contributed by atoms with Gasteiger partial charge >= 0.3 is 5.97 Å². The van der Waals surface area contributed by atoms with Gasteiger partial charge in [0.25, 0.3) is 0 Å². The van der Waals surface area contributed by atoms with E-state index in [2.05, 4.69) is 0 Å². The number of ether oxygens (including phenoxy) is 2. The molecule has 1 fully saturated rings. The zero-order valence-corrected chi connectivity index (χ0v) is 14.0. The Bertz CT molecular complexity index is 640. The summed E-state index contributed by atoms with van der Waals surface area (Å²) in [5.41, 5.74) is 0. The fraction of sp³-hybridized carbons (Fsp3) is 0.533. The highest BCUT2D eigenvalue weighted by molar-refractivity contribution is 7.89. The number of nitrogens with zero attached hydrogens (tertiary/aromatic N) is 1. The van der Waals surface area contributed by atoms with Gasteiger partial charge in [0.05, 0.1) is 17.1 Å². The van der Waals surface area contributed by atoms with Gasteiger partial charge in [-0.1, -0.05) is 0 Å². The second-order valence-corrected chi connectivity index (χ2v) is 7.55. The maximum Gasteiger partial charge on any atom is 0.341 e. The number of benzene rings is 1. The first-order chi connectivity index (χ1) is 10.8. The van der Waals surface area contributed by atoms with Gasteiger partial charge in [0.2, 0.25) is 10.0 Å². The van der Waals surface area contributed by atoms with E-state index in [0.717, 1.165) is 0 Å². The minimum Gasteiger partial charge on any atom is -0.482 e. The quantitative estimate of drug-likeness (QED) is 0.803. The lowest BCUT2D eigenvalue weighted by Crippen LogP contribution is -2.30. The maximum atomic E-state index is 12.6. The molecule has 0 amide bonds. The molecule has 0 unspecified atom stereocenters. The smallest absolute Gasteiger partial charge is 0.341 e. The molecule has 23 heavy (non-hydrogen) atoms. The lowest BCUT2D eigenvalue weighted by Gasteiger charge is -2.18. The summed E-state index contributed by atoms with van der Waals surface area (Å²) in [6, 6.07) is 5.74. The highest BCUT2D eigenvalue weighted by Gasteiger charge is 2.33. The molecule has 1 N–H and O–H groups in total. The van der Waals surface area contributed by atoms with Gasteiger partial charge in [0.1, 0.15) is 5.75 Å². The molecule has 1 aromatic rings. The lowest BCUT2D eigenvalue weighted by molar-refractivity contribution is -0.139. The molecule has 1 aliphatic heterocycles. The lowest BCUT2D eigenvalue weighted by atomic mass is 10.3. The highest BCUT2D eigenvalue weighted by Crippen LogP contribution is 2.24. The van der Waals surface area contributed by atoms with Crippen LogP contribution in [0.1, 0.15) is 20.3 Å². The zero-order valence-electron chi connectivity index (χ0n) is 13.1. The van der Waals surface area contributed by atoms with E-state index in [0.29, 0.717) is 25.3 Å². The van der Waals surface area contributed by atoms with Crippen molar-refractivity contribution in [2.45, 2.75) is 37.4 Å². The third-order valence-corrected chi connectivity index (χ3v) is 5.28. The zero-order chi connectivity index (χ0) is 17.0. The van der Waals surface area contributed by atoms with Crippen molar-refractivity contribution >= 4 is 16.0 Å². The van der Waals surface area contributed by atoms with Gasteiger partial charge in [-0.3, -0.25) is 0 Å². The molecule has 1 heterocycles. The van der Waals surface area contributed by atoms with E-state index < -0.39 is 22.6 Å². The number of hydrogen-bond donors (Lipinski definition) is 1. The number of rotatable bonds is 7. The summed E-state index contributed by atoms with van der Waals surface area (Å²) in [5, 5.41) is 8.55. The van der Waals surface area contributed by atoms with Gasteiger partial charge in [0, 0.05) is 13.1 Å². The van der Waals surface area contributed by atoms with Crippen LogP contribution in [0.15, 0.2) is 29.2 Å². The van der Waals surface area contributed by atoms with Crippen molar-refractivity contribution in [3.63, 3.8) is 0 Å². The topological polar surface area (TPSA) is 93.1 Å². The van der Waals surface area contributed by atoms with Gasteiger partial charge in [-0.2, -0.15) is 4.31 Å². The Labute approximate surface area is 135 Å². The van der Waals surface area contributed by atoms with Crippen LogP contribution in [-0.4, -0.2) is 55.7 Å². The molecule has 0 aliphatic carbocycles. The Morgan fingerprint density at radius 2 is 2.00 bits per heavy atom. The molecule has 7 nitrogen and oxygen atoms in total.